The third-order valence-corrected chi connectivity index (χ3v) is 2.32. The van der Waals surface area contributed by atoms with Crippen molar-refractivity contribution in [3.8, 4) is 0 Å². The van der Waals surface area contributed by atoms with Gasteiger partial charge in [0.1, 0.15) is 24.9 Å². The molecule has 96 valence electrons. The fourth-order valence-electron chi connectivity index (χ4n) is 1.45. The van der Waals surface area contributed by atoms with Crippen molar-refractivity contribution < 1.29 is 29.6 Å². The van der Waals surface area contributed by atoms with Crippen LogP contribution < -0.4 is 0 Å². The molecule has 9 heteroatoms. The number of esters is 1. The number of azide groups is 1. The maximum Gasteiger partial charge on any atom is 0.302 e. The van der Waals surface area contributed by atoms with Crippen molar-refractivity contribution in [1.82, 2.24) is 0 Å². The summed E-state index contributed by atoms with van der Waals surface area (Å²) >= 11 is 0. The van der Waals surface area contributed by atoms with Crippen molar-refractivity contribution in [2.45, 2.75) is 37.6 Å². The van der Waals surface area contributed by atoms with Crippen LogP contribution in [0.2, 0.25) is 0 Å². The smallest absolute Gasteiger partial charge is 0.302 e. The molecule has 1 aliphatic heterocycles. The number of nitrogens with zero attached hydrogens (tertiary/aromatic N) is 3. The molecule has 17 heavy (non-hydrogen) atoms. The molecule has 0 aliphatic carbocycles. The van der Waals surface area contributed by atoms with Crippen LogP contribution in [-0.2, 0) is 14.3 Å². The third kappa shape index (κ3) is 3.29. The molecule has 0 aromatic carbocycles. The normalized spacial score (nSPS) is 37.1. The van der Waals surface area contributed by atoms with E-state index in [1.165, 1.54) is 6.92 Å². The average Bonchev–Trinajstić information content (AvgIpc) is 2.27. The summed E-state index contributed by atoms with van der Waals surface area (Å²) in [5.74, 6) is -0.582. The molecule has 0 radical (unpaired) electrons. The summed E-state index contributed by atoms with van der Waals surface area (Å²) in [5, 5.41) is 31.7. The van der Waals surface area contributed by atoms with Gasteiger partial charge in [-0.1, -0.05) is 5.11 Å². The number of aliphatic hydroxyl groups excluding tert-OH is 3. The second kappa shape index (κ2) is 5.80. The molecule has 1 aliphatic rings. The van der Waals surface area contributed by atoms with Crippen molar-refractivity contribution in [3.05, 3.63) is 10.4 Å². The first-order valence-electron chi connectivity index (χ1n) is 4.84. The van der Waals surface area contributed by atoms with Crippen LogP contribution in [0, 0.1) is 0 Å². The quantitative estimate of drug-likeness (QED) is 0.244. The SMILES string of the molecule is CC(=O)OCC1OC(O)C(N=[N+]=[N-])[C@H](O)C1O. The summed E-state index contributed by atoms with van der Waals surface area (Å²) in [4.78, 5) is 13.0. The van der Waals surface area contributed by atoms with Gasteiger partial charge in [-0.3, -0.25) is 4.79 Å². The van der Waals surface area contributed by atoms with Gasteiger partial charge in [0.15, 0.2) is 6.29 Å². The maximum absolute atomic E-state index is 10.6. The summed E-state index contributed by atoms with van der Waals surface area (Å²) in [5.41, 5.74) is 8.21. The van der Waals surface area contributed by atoms with E-state index < -0.39 is 36.6 Å². The van der Waals surface area contributed by atoms with Crippen LogP contribution in [0.4, 0.5) is 0 Å². The monoisotopic (exact) mass is 247 g/mol. The van der Waals surface area contributed by atoms with Gasteiger partial charge in [-0.05, 0) is 5.53 Å². The Morgan fingerprint density at radius 1 is 1.47 bits per heavy atom. The molecule has 1 fully saturated rings. The fourth-order valence-corrected chi connectivity index (χ4v) is 1.45. The Morgan fingerprint density at radius 3 is 2.65 bits per heavy atom. The Balaban J connectivity index is 2.68. The highest BCUT2D eigenvalue weighted by Gasteiger charge is 2.43. The van der Waals surface area contributed by atoms with Gasteiger partial charge in [0, 0.05) is 11.8 Å². The number of hydrogen-bond donors (Lipinski definition) is 3. The van der Waals surface area contributed by atoms with Crippen LogP contribution in [0.15, 0.2) is 5.11 Å². The summed E-state index contributed by atoms with van der Waals surface area (Å²) in [6.45, 7) is 0.860. The van der Waals surface area contributed by atoms with Crippen LogP contribution in [-0.4, -0.2) is 58.5 Å². The second-order valence-electron chi connectivity index (χ2n) is 3.54. The predicted octanol–water partition coefficient (Wildman–Crippen LogP) is -1.33. The lowest BCUT2D eigenvalue weighted by molar-refractivity contribution is -0.250. The molecule has 1 saturated heterocycles. The van der Waals surface area contributed by atoms with E-state index in [4.69, 9.17) is 10.3 Å². The van der Waals surface area contributed by atoms with E-state index in [9.17, 15) is 20.1 Å². The highest BCUT2D eigenvalue weighted by Crippen LogP contribution is 2.22. The molecule has 0 aromatic rings. The van der Waals surface area contributed by atoms with Gasteiger partial charge in [-0.25, -0.2) is 0 Å². The largest absolute Gasteiger partial charge is 0.463 e. The molecule has 1 heterocycles. The molecule has 5 atom stereocenters. The Labute approximate surface area is 96.2 Å². The highest BCUT2D eigenvalue weighted by molar-refractivity contribution is 5.65. The van der Waals surface area contributed by atoms with Gasteiger partial charge in [0.2, 0.25) is 0 Å². The number of carbonyl (C=O) groups is 1. The molecular formula is C8H13N3O6. The highest BCUT2D eigenvalue weighted by atomic mass is 16.6. The summed E-state index contributed by atoms with van der Waals surface area (Å²) in [6, 6.07) is -1.30. The number of ether oxygens (including phenoxy) is 2. The zero-order chi connectivity index (χ0) is 13.0. The molecule has 9 nitrogen and oxygen atoms in total. The summed E-state index contributed by atoms with van der Waals surface area (Å²) < 4.78 is 9.48. The van der Waals surface area contributed by atoms with E-state index >= 15 is 0 Å². The van der Waals surface area contributed by atoms with Crippen molar-refractivity contribution in [3.63, 3.8) is 0 Å². The Morgan fingerprint density at radius 2 is 2.12 bits per heavy atom. The van der Waals surface area contributed by atoms with Gasteiger partial charge >= 0.3 is 5.97 Å². The molecule has 1 rings (SSSR count). The molecule has 0 amide bonds. The zero-order valence-corrected chi connectivity index (χ0v) is 9.00. The molecular weight excluding hydrogens is 234 g/mol. The first-order chi connectivity index (χ1) is 7.97. The molecule has 0 spiro atoms. The number of aliphatic hydroxyl groups is 3. The predicted molar refractivity (Wildman–Crippen MR) is 52.5 cm³/mol. The van der Waals surface area contributed by atoms with Crippen molar-refractivity contribution >= 4 is 5.97 Å². The number of carbonyl (C=O) groups excluding carboxylic acids is 1. The third-order valence-electron chi connectivity index (χ3n) is 2.32. The molecule has 3 N–H and O–H groups in total. The van der Waals surface area contributed by atoms with Crippen molar-refractivity contribution in [2.24, 2.45) is 5.11 Å². The first-order valence-corrected chi connectivity index (χ1v) is 4.84. The van der Waals surface area contributed by atoms with Gasteiger partial charge in [-0.2, -0.15) is 0 Å². The molecule has 0 aromatic heterocycles. The van der Waals surface area contributed by atoms with E-state index in [-0.39, 0.29) is 6.61 Å². The minimum absolute atomic E-state index is 0.312. The topological polar surface area (TPSA) is 145 Å². The Hall–Kier alpha value is -1.38. The second-order valence-corrected chi connectivity index (χ2v) is 3.54. The van der Waals surface area contributed by atoms with Crippen molar-refractivity contribution in [2.75, 3.05) is 6.61 Å². The lowest BCUT2D eigenvalue weighted by atomic mass is 9.98. The average molecular weight is 247 g/mol. The molecule has 4 unspecified atom stereocenters. The first kappa shape index (κ1) is 13.7. The van der Waals surface area contributed by atoms with E-state index in [0.717, 1.165) is 0 Å². The van der Waals surface area contributed by atoms with E-state index in [1.807, 2.05) is 0 Å². The van der Waals surface area contributed by atoms with Gasteiger partial charge < -0.3 is 24.8 Å². The molecule has 0 saturated carbocycles. The summed E-state index contributed by atoms with van der Waals surface area (Å²) in [6.07, 6.45) is -5.55. The standard InChI is InChI=1S/C8H13N3O6/c1-3(12)16-2-4-6(13)7(14)5(10-11-9)8(15)17-4/h4-8,13-15H,2H2,1H3/t4?,5?,6?,7-,8?/m0/s1. The minimum Gasteiger partial charge on any atom is -0.463 e. The van der Waals surface area contributed by atoms with Gasteiger partial charge in [0.05, 0.1) is 6.10 Å². The van der Waals surface area contributed by atoms with Crippen LogP contribution >= 0.6 is 0 Å². The van der Waals surface area contributed by atoms with Crippen LogP contribution in [0.1, 0.15) is 6.92 Å². The van der Waals surface area contributed by atoms with Crippen LogP contribution in [0.3, 0.4) is 0 Å². The van der Waals surface area contributed by atoms with E-state index in [0.29, 0.717) is 0 Å². The lowest BCUT2D eigenvalue weighted by Crippen LogP contribution is -2.57. The van der Waals surface area contributed by atoms with E-state index in [1.54, 1.807) is 0 Å². The maximum atomic E-state index is 10.6. The Kier molecular flexibility index (Phi) is 4.67. The fraction of sp³-hybridized carbons (Fsp3) is 0.875. The Bertz CT molecular complexity index is 331. The molecule has 0 bridgehead atoms. The van der Waals surface area contributed by atoms with Crippen LogP contribution in [0.25, 0.3) is 10.4 Å². The lowest BCUT2D eigenvalue weighted by Gasteiger charge is -2.38. The number of hydrogen-bond acceptors (Lipinski definition) is 7. The zero-order valence-electron chi connectivity index (χ0n) is 9.00. The van der Waals surface area contributed by atoms with Crippen molar-refractivity contribution in [1.29, 1.82) is 0 Å². The van der Waals surface area contributed by atoms with Crippen LogP contribution in [0.5, 0.6) is 0 Å². The summed E-state index contributed by atoms with van der Waals surface area (Å²) in [7, 11) is 0. The number of rotatable bonds is 3. The van der Waals surface area contributed by atoms with E-state index in [2.05, 4.69) is 14.8 Å². The van der Waals surface area contributed by atoms with Gasteiger partial charge in [-0.15, -0.1) is 0 Å². The minimum atomic E-state index is -1.56. The van der Waals surface area contributed by atoms with Gasteiger partial charge in [0.25, 0.3) is 0 Å².